The molecule has 0 bridgehead atoms. The average Bonchev–Trinajstić information content (AvgIpc) is 2.66. The summed E-state index contributed by atoms with van der Waals surface area (Å²) in [5.41, 5.74) is 0. The maximum atomic E-state index is 11.7. The Morgan fingerprint density at radius 1 is 1.56 bits per heavy atom. The van der Waals surface area contributed by atoms with Gasteiger partial charge in [0.2, 0.25) is 0 Å². The molecule has 1 rings (SSSR count). The Balaban J connectivity index is 2.89. The van der Waals surface area contributed by atoms with E-state index >= 15 is 0 Å². The van der Waals surface area contributed by atoms with E-state index in [-0.39, 0.29) is 11.9 Å². The van der Waals surface area contributed by atoms with Gasteiger partial charge in [-0.05, 0) is 18.0 Å². The molecule has 1 aromatic heterocycles. The topological polar surface area (TPSA) is 61.6 Å². The zero-order valence-corrected chi connectivity index (χ0v) is 10.0. The van der Waals surface area contributed by atoms with Crippen molar-refractivity contribution in [3.05, 3.63) is 11.8 Å². The normalized spacial score (nSPS) is 12.6. The predicted molar refractivity (Wildman–Crippen MR) is 57.3 cm³/mol. The summed E-state index contributed by atoms with van der Waals surface area (Å²) in [6, 6.07) is 1.61. The van der Waals surface area contributed by atoms with Gasteiger partial charge >= 0.3 is 5.97 Å². The van der Waals surface area contributed by atoms with Gasteiger partial charge in [-0.15, -0.1) is 0 Å². The molecule has 0 N–H and O–H groups in total. The minimum absolute atomic E-state index is 0.0803. The van der Waals surface area contributed by atoms with Crippen LogP contribution in [0.4, 0.5) is 0 Å². The summed E-state index contributed by atoms with van der Waals surface area (Å²) >= 11 is 0. The summed E-state index contributed by atoms with van der Waals surface area (Å²) < 4.78 is 15.0. The molecule has 0 saturated heterocycles. The van der Waals surface area contributed by atoms with Crippen molar-refractivity contribution in [2.24, 2.45) is 5.92 Å². The first-order chi connectivity index (χ1) is 7.60. The van der Waals surface area contributed by atoms with Gasteiger partial charge in [0.25, 0.3) is 5.88 Å². The summed E-state index contributed by atoms with van der Waals surface area (Å²) in [4.78, 5) is 11.7. The van der Waals surface area contributed by atoms with Crippen molar-refractivity contribution >= 4 is 5.97 Å². The van der Waals surface area contributed by atoms with E-state index in [9.17, 15) is 4.79 Å². The average molecular weight is 227 g/mol. The molecule has 5 heteroatoms. The summed E-state index contributed by atoms with van der Waals surface area (Å²) in [5.74, 6) is 0.194. The molecule has 90 valence electrons. The van der Waals surface area contributed by atoms with E-state index in [2.05, 4.69) is 5.16 Å². The van der Waals surface area contributed by atoms with Crippen LogP contribution in [0.15, 0.2) is 10.6 Å². The lowest BCUT2D eigenvalue weighted by molar-refractivity contribution is -0.146. The molecule has 0 aliphatic heterocycles. The van der Waals surface area contributed by atoms with Crippen LogP contribution in [0.5, 0.6) is 5.88 Å². The molecule has 0 aliphatic carbocycles. The molecule has 0 radical (unpaired) electrons. The molecular weight excluding hydrogens is 210 g/mol. The Hall–Kier alpha value is -1.52. The van der Waals surface area contributed by atoms with Crippen LogP contribution in [-0.4, -0.2) is 24.8 Å². The van der Waals surface area contributed by atoms with Crippen LogP contribution in [0.1, 0.15) is 32.4 Å². The van der Waals surface area contributed by atoms with Crippen LogP contribution in [0.25, 0.3) is 0 Å². The molecule has 1 atom stereocenters. The van der Waals surface area contributed by atoms with Crippen LogP contribution >= 0.6 is 0 Å². The second-order valence-electron chi connectivity index (χ2n) is 3.75. The largest absolute Gasteiger partial charge is 0.479 e. The molecule has 0 fully saturated rings. The lowest BCUT2D eigenvalue weighted by atomic mass is 9.93. The molecule has 0 saturated carbocycles. The Morgan fingerprint density at radius 2 is 2.25 bits per heavy atom. The van der Waals surface area contributed by atoms with Gasteiger partial charge in [0, 0.05) is 6.07 Å². The number of carbonyl (C=O) groups is 1. The Kier molecular flexibility index (Phi) is 4.34. The smallest absolute Gasteiger partial charge is 0.317 e. The van der Waals surface area contributed by atoms with E-state index in [1.54, 1.807) is 13.0 Å². The Morgan fingerprint density at radius 3 is 2.69 bits per heavy atom. The molecule has 5 nitrogen and oxygen atoms in total. The SMILES string of the molecule is CCOC(=O)C(c1cc(OC)no1)C(C)C. The van der Waals surface area contributed by atoms with Crippen molar-refractivity contribution in [2.75, 3.05) is 13.7 Å². The van der Waals surface area contributed by atoms with E-state index in [0.717, 1.165) is 0 Å². The van der Waals surface area contributed by atoms with Gasteiger partial charge in [-0.3, -0.25) is 4.79 Å². The van der Waals surface area contributed by atoms with Crippen molar-refractivity contribution in [3.63, 3.8) is 0 Å². The number of hydrogen-bond acceptors (Lipinski definition) is 5. The molecule has 1 aromatic rings. The molecule has 0 spiro atoms. The van der Waals surface area contributed by atoms with E-state index in [1.807, 2.05) is 13.8 Å². The van der Waals surface area contributed by atoms with Crippen LogP contribution in [0.3, 0.4) is 0 Å². The first-order valence-corrected chi connectivity index (χ1v) is 5.27. The zero-order valence-electron chi connectivity index (χ0n) is 10.0. The molecule has 1 unspecified atom stereocenters. The van der Waals surface area contributed by atoms with Crippen LogP contribution in [0, 0.1) is 5.92 Å². The van der Waals surface area contributed by atoms with Crippen molar-refractivity contribution in [2.45, 2.75) is 26.7 Å². The van der Waals surface area contributed by atoms with Gasteiger partial charge in [-0.2, -0.15) is 0 Å². The number of nitrogens with zero attached hydrogens (tertiary/aromatic N) is 1. The number of rotatable bonds is 5. The highest BCUT2D eigenvalue weighted by Gasteiger charge is 2.29. The second-order valence-corrected chi connectivity index (χ2v) is 3.75. The van der Waals surface area contributed by atoms with Crippen LogP contribution < -0.4 is 4.74 Å². The molecular formula is C11H17NO4. The summed E-state index contributed by atoms with van der Waals surface area (Å²) in [5, 5.41) is 3.68. The molecule has 0 aromatic carbocycles. The second kappa shape index (κ2) is 5.53. The molecule has 0 amide bonds. The molecule has 1 heterocycles. The van der Waals surface area contributed by atoms with Gasteiger partial charge < -0.3 is 14.0 Å². The van der Waals surface area contributed by atoms with Crippen molar-refractivity contribution in [1.82, 2.24) is 5.16 Å². The minimum Gasteiger partial charge on any atom is -0.479 e. The number of carbonyl (C=O) groups excluding carboxylic acids is 1. The fraction of sp³-hybridized carbons (Fsp3) is 0.636. The fourth-order valence-corrected chi connectivity index (χ4v) is 1.46. The third-order valence-electron chi connectivity index (χ3n) is 2.23. The fourth-order valence-electron chi connectivity index (χ4n) is 1.46. The quantitative estimate of drug-likeness (QED) is 0.720. The van der Waals surface area contributed by atoms with E-state index in [4.69, 9.17) is 14.0 Å². The summed E-state index contributed by atoms with van der Waals surface area (Å²) in [7, 11) is 1.50. The first-order valence-electron chi connectivity index (χ1n) is 5.27. The standard InChI is InChI=1S/C11H17NO4/c1-5-15-11(13)10(7(2)3)8-6-9(14-4)12-16-8/h6-7,10H,5H2,1-4H3. The Labute approximate surface area is 94.7 Å². The summed E-state index contributed by atoms with van der Waals surface area (Å²) in [6.07, 6.45) is 0. The monoisotopic (exact) mass is 227 g/mol. The highest BCUT2D eigenvalue weighted by Crippen LogP contribution is 2.28. The predicted octanol–water partition coefficient (Wildman–Crippen LogP) is 1.99. The Bertz CT molecular complexity index is 346. The van der Waals surface area contributed by atoms with Gasteiger partial charge in [-0.1, -0.05) is 13.8 Å². The number of esters is 1. The number of ether oxygens (including phenoxy) is 2. The van der Waals surface area contributed by atoms with Crippen LogP contribution in [-0.2, 0) is 9.53 Å². The number of aromatic nitrogens is 1. The number of methoxy groups -OCH3 is 1. The van der Waals surface area contributed by atoms with Gasteiger partial charge in [0.1, 0.15) is 5.92 Å². The number of hydrogen-bond donors (Lipinski definition) is 0. The highest BCUT2D eigenvalue weighted by molar-refractivity contribution is 5.77. The highest BCUT2D eigenvalue weighted by atomic mass is 16.5. The lowest BCUT2D eigenvalue weighted by Crippen LogP contribution is -2.20. The minimum atomic E-state index is -0.434. The summed E-state index contributed by atoms with van der Waals surface area (Å²) in [6.45, 7) is 5.98. The van der Waals surface area contributed by atoms with Crippen molar-refractivity contribution < 1.29 is 18.8 Å². The van der Waals surface area contributed by atoms with Gasteiger partial charge in [0.05, 0.1) is 13.7 Å². The van der Waals surface area contributed by atoms with E-state index < -0.39 is 5.92 Å². The van der Waals surface area contributed by atoms with Crippen molar-refractivity contribution in [1.29, 1.82) is 0 Å². The maximum absolute atomic E-state index is 11.7. The zero-order chi connectivity index (χ0) is 12.1. The molecule has 0 aliphatic rings. The third-order valence-corrected chi connectivity index (χ3v) is 2.23. The van der Waals surface area contributed by atoms with Crippen molar-refractivity contribution in [3.8, 4) is 5.88 Å². The first kappa shape index (κ1) is 12.5. The van der Waals surface area contributed by atoms with Gasteiger partial charge in [0.15, 0.2) is 5.76 Å². The van der Waals surface area contributed by atoms with E-state index in [0.29, 0.717) is 18.2 Å². The van der Waals surface area contributed by atoms with Gasteiger partial charge in [-0.25, -0.2) is 0 Å². The third kappa shape index (κ3) is 2.74. The maximum Gasteiger partial charge on any atom is 0.317 e. The van der Waals surface area contributed by atoms with Crippen LogP contribution in [0.2, 0.25) is 0 Å². The lowest BCUT2D eigenvalue weighted by Gasteiger charge is -2.15. The van der Waals surface area contributed by atoms with E-state index in [1.165, 1.54) is 7.11 Å². The molecule has 16 heavy (non-hydrogen) atoms.